The normalized spacial score (nSPS) is 30.0. The van der Waals surface area contributed by atoms with Gasteiger partial charge in [0.15, 0.2) is 11.5 Å². The quantitative estimate of drug-likeness (QED) is 0.851. The van der Waals surface area contributed by atoms with Gasteiger partial charge in [-0.25, -0.2) is 4.39 Å². The summed E-state index contributed by atoms with van der Waals surface area (Å²) in [5, 5.41) is 10.7. The van der Waals surface area contributed by atoms with Crippen molar-refractivity contribution in [3.05, 3.63) is 35.2 Å². The molecule has 1 saturated heterocycles. The maximum atomic E-state index is 13.0. The average molecular weight is 391 g/mol. The highest BCUT2D eigenvalue weighted by Crippen LogP contribution is 2.43. The Kier molecular flexibility index (Phi) is 5.14. The first-order chi connectivity index (χ1) is 13.2. The van der Waals surface area contributed by atoms with E-state index in [0.29, 0.717) is 24.3 Å². The zero-order valence-electron chi connectivity index (χ0n) is 17.1. The summed E-state index contributed by atoms with van der Waals surface area (Å²) in [7, 11) is 1.62. The summed E-state index contributed by atoms with van der Waals surface area (Å²) in [5.41, 5.74) is 2.11. The molecule has 0 bridgehead atoms. The molecule has 1 fully saturated rings. The van der Waals surface area contributed by atoms with Crippen LogP contribution in [0.2, 0.25) is 0 Å². The lowest BCUT2D eigenvalue weighted by Crippen LogP contribution is -2.53. The molecular weight excluding hydrogens is 361 g/mol. The molecule has 0 spiro atoms. The third kappa shape index (κ3) is 3.91. The van der Waals surface area contributed by atoms with Crippen molar-refractivity contribution >= 4 is 0 Å². The average Bonchev–Trinajstić information content (AvgIpc) is 2.59. The molecule has 0 saturated carbocycles. The standard InChI is InChI=1S/C22H30FNO4/c1-22(2,3)28-21-12-24-6-5-13-7-20(27-15-8-14(23)9-15)19(26-4)10-16(13)17(24)11-18(21)25/h7-8,10,15,17-18,21,25H,5-6,9,11-12H2,1-4H3. The summed E-state index contributed by atoms with van der Waals surface area (Å²) < 4.78 is 30.6. The van der Waals surface area contributed by atoms with Crippen LogP contribution in [0.4, 0.5) is 4.39 Å². The van der Waals surface area contributed by atoms with E-state index in [0.717, 1.165) is 19.5 Å². The molecular formula is C22H30FNO4. The first kappa shape index (κ1) is 19.7. The maximum Gasteiger partial charge on any atom is 0.162 e. The number of rotatable bonds is 4. The van der Waals surface area contributed by atoms with E-state index >= 15 is 0 Å². The number of piperidine rings is 1. The van der Waals surface area contributed by atoms with Crippen LogP contribution in [0, 0.1) is 0 Å². The molecule has 0 radical (unpaired) electrons. The van der Waals surface area contributed by atoms with Gasteiger partial charge in [-0.3, -0.25) is 4.90 Å². The number of fused-ring (bicyclic) bond motifs is 3. The molecule has 2 aliphatic heterocycles. The molecule has 5 nitrogen and oxygen atoms in total. The second-order valence-electron chi connectivity index (χ2n) is 9.01. The molecule has 1 aromatic rings. The summed E-state index contributed by atoms with van der Waals surface area (Å²) >= 11 is 0. The van der Waals surface area contributed by atoms with Crippen molar-refractivity contribution < 1.29 is 23.7 Å². The number of hydrogen-bond donors (Lipinski definition) is 1. The SMILES string of the molecule is COc1cc2c(cc1OC1C=C(F)C1)CCN1CC(OC(C)(C)C)C(O)CC21. The molecule has 6 heteroatoms. The Bertz CT molecular complexity index is 773. The van der Waals surface area contributed by atoms with Crippen LogP contribution in [0.1, 0.15) is 50.8 Å². The minimum atomic E-state index is -0.503. The van der Waals surface area contributed by atoms with Crippen LogP contribution < -0.4 is 9.47 Å². The van der Waals surface area contributed by atoms with Crippen molar-refractivity contribution in [1.82, 2.24) is 4.90 Å². The van der Waals surface area contributed by atoms with Crippen LogP contribution in [0.5, 0.6) is 11.5 Å². The Morgan fingerprint density at radius 2 is 1.96 bits per heavy atom. The van der Waals surface area contributed by atoms with Gasteiger partial charge in [-0.05, 0) is 62.9 Å². The Balaban J connectivity index is 1.56. The number of aliphatic hydroxyl groups excluding tert-OH is 1. The molecule has 0 aromatic heterocycles. The highest BCUT2D eigenvalue weighted by atomic mass is 19.1. The highest BCUT2D eigenvalue weighted by Gasteiger charge is 2.40. The largest absolute Gasteiger partial charge is 0.493 e. The number of benzene rings is 1. The van der Waals surface area contributed by atoms with Crippen LogP contribution in [0.25, 0.3) is 0 Å². The first-order valence-corrected chi connectivity index (χ1v) is 10.1. The smallest absolute Gasteiger partial charge is 0.162 e. The van der Waals surface area contributed by atoms with Gasteiger partial charge in [0.05, 0.1) is 24.9 Å². The maximum absolute atomic E-state index is 13.0. The number of methoxy groups -OCH3 is 1. The molecule has 4 unspecified atom stereocenters. The minimum Gasteiger partial charge on any atom is -0.493 e. The predicted octanol–water partition coefficient (Wildman–Crippen LogP) is 3.55. The van der Waals surface area contributed by atoms with E-state index in [1.807, 2.05) is 32.9 Å². The number of hydrogen-bond acceptors (Lipinski definition) is 5. The second-order valence-corrected chi connectivity index (χ2v) is 9.01. The van der Waals surface area contributed by atoms with Crippen LogP contribution in [-0.4, -0.2) is 54.1 Å². The van der Waals surface area contributed by atoms with E-state index in [-0.39, 0.29) is 29.7 Å². The summed E-state index contributed by atoms with van der Waals surface area (Å²) in [6, 6.07) is 4.19. The number of halogens is 1. The molecule has 28 heavy (non-hydrogen) atoms. The zero-order chi connectivity index (χ0) is 20.1. The van der Waals surface area contributed by atoms with E-state index in [1.165, 1.54) is 17.2 Å². The first-order valence-electron chi connectivity index (χ1n) is 10.1. The number of ether oxygens (including phenoxy) is 3. The molecule has 2 heterocycles. The van der Waals surface area contributed by atoms with E-state index in [2.05, 4.69) is 4.90 Å². The minimum absolute atomic E-state index is 0.124. The van der Waals surface area contributed by atoms with Crippen LogP contribution >= 0.6 is 0 Å². The molecule has 4 atom stereocenters. The van der Waals surface area contributed by atoms with Crippen LogP contribution in [-0.2, 0) is 11.2 Å². The van der Waals surface area contributed by atoms with E-state index in [9.17, 15) is 9.50 Å². The third-order valence-corrected chi connectivity index (χ3v) is 5.75. The molecule has 0 amide bonds. The fourth-order valence-corrected chi connectivity index (χ4v) is 4.41. The summed E-state index contributed by atoms with van der Waals surface area (Å²) in [6.07, 6.45) is 2.44. The van der Waals surface area contributed by atoms with Gasteiger partial charge in [0, 0.05) is 25.6 Å². The van der Waals surface area contributed by atoms with Crippen molar-refractivity contribution in [3.63, 3.8) is 0 Å². The fraction of sp³-hybridized carbons (Fsp3) is 0.636. The summed E-state index contributed by atoms with van der Waals surface area (Å²) in [4.78, 5) is 2.40. The van der Waals surface area contributed by atoms with Gasteiger partial charge >= 0.3 is 0 Å². The third-order valence-electron chi connectivity index (χ3n) is 5.75. The lowest BCUT2D eigenvalue weighted by molar-refractivity contribution is -0.149. The van der Waals surface area contributed by atoms with Gasteiger partial charge < -0.3 is 19.3 Å². The topological polar surface area (TPSA) is 51.2 Å². The van der Waals surface area contributed by atoms with Gasteiger partial charge in [0.1, 0.15) is 11.9 Å². The van der Waals surface area contributed by atoms with E-state index in [4.69, 9.17) is 14.2 Å². The Labute approximate surface area is 166 Å². The van der Waals surface area contributed by atoms with E-state index < -0.39 is 6.10 Å². The molecule has 1 aromatic carbocycles. The molecule has 154 valence electrons. The van der Waals surface area contributed by atoms with Gasteiger partial charge in [0.25, 0.3) is 0 Å². The van der Waals surface area contributed by atoms with Gasteiger partial charge in [0.2, 0.25) is 0 Å². The fourth-order valence-electron chi connectivity index (χ4n) is 4.41. The molecule has 1 aliphatic carbocycles. The monoisotopic (exact) mass is 391 g/mol. The molecule has 3 aliphatic rings. The van der Waals surface area contributed by atoms with Crippen molar-refractivity contribution in [2.75, 3.05) is 20.2 Å². The summed E-state index contributed by atoms with van der Waals surface area (Å²) in [6.45, 7) is 7.69. The zero-order valence-corrected chi connectivity index (χ0v) is 17.1. The van der Waals surface area contributed by atoms with Crippen molar-refractivity contribution in [2.24, 2.45) is 0 Å². The molecule has 1 N–H and O–H groups in total. The predicted molar refractivity (Wildman–Crippen MR) is 104 cm³/mol. The highest BCUT2D eigenvalue weighted by molar-refractivity contribution is 5.50. The van der Waals surface area contributed by atoms with Gasteiger partial charge in [-0.15, -0.1) is 0 Å². The number of nitrogens with zero attached hydrogens (tertiary/aromatic N) is 1. The lowest BCUT2D eigenvalue weighted by atomic mass is 9.84. The Morgan fingerprint density at radius 3 is 2.61 bits per heavy atom. The van der Waals surface area contributed by atoms with Crippen molar-refractivity contribution in [3.8, 4) is 11.5 Å². The van der Waals surface area contributed by atoms with Crippen molar-refractivity contribution in [2.45, 2.75) is 70.0 Å². The van der Waals surface area contributed by atoms with Crippen molar-refractivity contribution in [1.29, 1.82) is 0 Å². The summed E-state index contributed by atoms with van der Waals surface area (Å²) in [5.74, 6) is 1.19. The molecule has 4 rings (SSSR count). The van der Waals surface area contributed by atoms with E-state index in [1.54, 1.807) is 7.11 Å². The van der Waals surface area contributed by atoms with Crippen LogP contribution in [0.15, 0.2) is 24.0 Å². The van der Waals surface area contributed by atoms with Gasteiger partial charge in [-0.1, -0.05) is 0 Å². The Hall–Kier alpha value is -1.63. The lowest BCUT2D eigenvalue weighted by Gasteiger charge is -2.47. The van der Waals surface area contributed by atoms with Crippen LogP contribution in [0.3, 0.4) is 0 Å². The second kappa shape index (κ2) is 7.32. The number of aliphatic hydroxyl groups is 1. The van der Waals surface area contributed by atoms with Gasteiger partial charge in [-0.2, -0.15) is 0 Å². The Morgan fingerprint density at radius 1 is 1.21 bits per heavy atom.